The van der Waals surface area contributed by atoms with Crippen molar-refractivity contribution in [1.82, 2.24) is 5.32 Å². The molecule has 0 aliphatic carbocycles. The van der Waals surface area contributed by atoms with Crippen LogP contribution in [0.4, 0.5) is 10.5 Å². The fraction of sp³-hybridized carbons (Fsp3) is 0.500. The summed E-state index contributed by atoms with van der Waals surface area (Å²) < 4.78 is 0. The second-order valence-electron chi connectivity index (χ2n) is 5.86. The quantitative estimate of drug-likeness (QED) is 0.751. The number of para-hydroxylation sites is 1. The number of carboxylic acids is 1. The minimum atomic E-state index is -1.02. The fourth-order valence-corrected chi connectivity index (χ4v) is 2.12. The molecule has 5 heteroatoms. The number of carbonyl (C=O) groups excluding carboxylic acids is 1. The molecule has 1 aromatic rings. The van der Waals surface area contributed by atoms with E-state index < -0.39 is 18.0 Å². The van der Waals surface area contributed by atoms with Gasteiger partial charge in [-0.25, -0.2) is 9.59 Å². The maximum atomic E-state index is 12.0. The van der Waals surface area contributed by atoms with Crippen LogP contribution in [-0.2, 0) is 4.79 Å². The lowest BCUT2D eigenvalue weighted by molar-refractivity contribution is -0.139. The van der Waals surface area contributed by atoms with E-state index >= 15 is 0 Å². The number of anilines is 1. The lowest BCUT2D eigenvalue weighted by Gasteiger charge is -2.18. The van der Waals surface area contributed by atoms with Gasteiger partial charge in [0.25, 0.3) is 0 Å². The Morgan fingerprint density at radius 1 is 1.14 bits per heavy atom. The molecule has 5 nitrogen and oxygen atoms in total. The second-order valence-corrected chi connectivity index (χ2v) is 5.86. The van der Waals surface area contributed by atoms with Crippen molar-refractivity contribution in [2.24, 2.45) is 5.92 Å². The molecule has 1 atom stereocenters. The van der Waals surface area contributed by atoms with Crippen LogP contribution in [-0.4, -0.2) is 23.1 Å². The summed E-state index contributed by atoms with van der Waals surface area (Å²) in [5, 5.41) is 14.4. The summed E-state index contributed by atoms with van der Waals surface area (Å²) >= 11 is 0. The van der Waals surface area contributed by atoms with Gasteiger partial charge in [0.1, 0.15) is 6.04 Å². The molecule has 0 spiro atoms. The van der Waals surface area contributed by atoms with Crippen molar-refractivity contribution < 1.29 is 14.7 Å². The number of carboxylic acid groups (broad SMARTS) is 1. The summed E-state index contributed by atoms with van der Waals surface area (Å²) in [6, 6.07) is 6.14. The molecule has 116 valence electrons. The number of urea groups is 1. The zero-order valence-corrected chi connectivity index (χ0v) is 13.0. The molecular weight excluding hydrogens is 268 g/mol. The van der Waals surface area contributed by atoms with E-state index in [0.717, 1.165) is 5.56 Å². The number of hydrogen-bond acceptors (Lipinski definition) is 2. The van der Waals surface area contributed by atoms with Gasteiger partial charge < -0.3 is 15.7 Å². The molecule has 1 rings (SSSR count). The van der Waals surface area contributed by atoms with E-state index in [9.17, 15) is 9.59 Å². The maximum Gasteiger partial charge on any atom is 0.326 e. The van der Waals surface area contributed by atoms with E-state index in [1.54, 1.807) is 0 Å². The Labute approximate surface area is 125 Å². The van der Waals surface area contributed by atoms with Gasteiger partial charge in [0.15, 0.2) is 0 Å². The normalized spacial score (nSPS) is 12.3. The molecule has 2 amide bonds. The molecule has 0 radical (unpaired) electrons. The topological polar surface area (TPSA) is 78.4 Å². The molecule has 1 aromatic carbocycles. The molecule has 0 heterocycles. The minimum absolute atomic E-state index is 0.189. The van der Waals surface area contributed by atoms with Crippen LogP contribution in [0, 0.1) is 5.92 Å². The van der Waals surface area contributed by atoms with Crippen LogP contribution in [0.3, 0.4) is 0 Å². The summed E-state index contributed by atoms with van der Waals surface area (Å²) in [6.45, 7) is 7.92. The van der Waals surface area contributed by atoms with Crippen LogP contribution in [0.2, 0.25) is 0 Å². The minimum Gasteiger partial charge on any atom is -0.480 e. The molecule has 1 unspecified atom stereocenters. The highest BCUT2D eigenvalue weighted by atomic mass is 16.4. The molecule has 0 aliphatic heterocycles. The van der Waals surface area contributed by atoms with E-state index in [2.05, 4.69) is 10.6 Å². The second kappa shape index (κ2) is 7.67. The van der Waals surface area contributed by atoms with E-state index in [4.69, 9.17) is 5.11 Å². The molecular formula is C16H24N2O3. The highest BCUT2D eigenvalue weighted by molar-refractivity contribution is 5.93. The number of benzene rings is 1. The Hall–Kier alpha value is -2.04. The number of rotatable bonds is 6. The first-order valence-electron chi connectivity index (χ1n) is 7.20. The number of aliphatic carboxylic acids is 1. The third kappa shape index (κ3) is 5.45. The van der Waals surface area contributed by atoms with Crippen molar-refractivity contribution >= 4 is 17.7 Å². The van der Waals surface area contributed by atoms with Crippen molar-refractivity contribution in [2.75, 3.05) is 5.32 Å². The van der Waals surface area contributed by atoms with Crippen LogP contribution < -0.4 is 10.6 Å². The molecule has 0 saturated carbocycles. The Balaban J connectivity index is 2.75. The molecule has 0 bridgehead atoms. The monoisotopic (exact) mass is 292 g/mol. The predicted molar refractivity (Wildman–Crippen MR) is 83.6 cm³/mol. The van der Waals surface area contributed by atoms with Crippen LogP contribution >= 0.6 is 0 Å². The average Bonchev–Trinajstić information content (AvgIpc) is 2.37. The number of nitrogens with one attached hydrogen (secondary N) is 2. The average molecular weight is 292 g/mol. The zero-order valence-electron chi connectivity index (χ0n) is 13.0. The summed E-state index contributed by atoms with van der Waals surface area (Å²) in [4.78, 5) is 23.2. The van der Waals surface area contributed by atoms with Crippen LogP contribution in [0.5, 0.6) is 0 Å². The van der Waals surface area contributed by atoms with Crippen LogP contribution in [0.25, 0.3) is 0 Å². The fourth-order valence-electron chi connectivity index (χ4n) is 2.12. The van der Waals surface area contributed by atoms with Crippen molar-refractivity contribution in [2.45, 2.75) is 46.1 Å². The molecule has 0 fully saturated rings. The summed E-state index contributed by atoms with van der Waals surface area (Å²) in [5.41, 5.74) is 1.72. The lowest BCUT2D eigenvalue weighted by atomic mass is 10.0. The zero-order chi connectivity index (χ0) is 16.0. The van der Waals surface area contributed by atoms with Gasteiger partial charge in [-0.1, -0.05) is 45.9 Å². The summed E-state index contributed by atoms with van der Waals surface area (Å²) in [5.74, 6) is -0.558. The van der Waals surface area contributed by atoms with Gasteiger partial charge in [-0.3, -0.25) is 0 Å². The maximum absolute atomic E-state index is 12.0. The van der Waals surface area contributed by atoms with E-state index in [0.29, 0.717) is 12.1 Å². The first kappa shape index (κ1) is 17.0. The molecule has 21 heavy (non-hydrogen) atoms. The van der Waals surface area contributed by atoms with Crippen molar-refractivity contribution in [3.05, 3.63) is 29.8 Å². The van der Waals surface area contributed by atoms with Gasteiger partial charge in [0.2, 0.25) is 0 Å². The Morgan fingerprint density at radius 2 is 1.76 bits per heavy atom. The summed E-state index contributed by atoms with van der Waals surface area (Å²) in [6.07, 6.45) is 0.397. The Kier molecular flexibility index (Phi) is 6.21. The molecule has 0 saturated heterocycles. The molecule has 0 aliphatic rings. The van der Waals surface area contributed by atoms with Gasteiger partial charge in [-0.15, -0.1) is 0 Å². The van der Waals surface area contributed by atoms with Gasteiger partial charge in [0, 0.05) is 5.69 Å². The molecule has 3 N–H and O–H groups in total. The highest BCUT2D eigenvalue weighted by Gasteiger charge is 2.21. The molecule has 0 aromatic heterocycles. The highest BCUT2D eigenvalue weighted by Crippen LogP contribution is 2.23. The predicted octanol–water partition coefficient (Wildman–Crippen LogP) is 3.43. The Morgan fingerprint density at radius 3 is 2.29 bits per heavy atom. The largest absolute Gasteiger partial charge is 0.480 e. The standard InChI is InChI=1S/C16H24N2O3/c1-10(2)9-14(15(19)20)18-16(21)17-13-8-6-5-7-12(13)11(3)4/h5-8,10-11,14H,9H2,1-4H3,(H,19,20)(H2,17,18,21). The van der Waals surface area contributed by atoms with E-state index in [-0.39, 0.29) is 11.8 Å². The number of carbonyl (C=O) groups is 2. The Bertz CT molecular complexity index is 498. The van der Waals surface area contributed by atoms with Crippen molar-refractivity contribution in [3.8, 4) is 0 Å². The number of amides is 2. The van der Waals surface area contributed by atoms with Gasteiger partial charge in [-0.05, 0) is 29.9 Å². The summed E-state index contributed by atoms with van der Waals surface area (Å²) in [7, 11) is 0. The van der Waals surface area contributed by atoms with E-state index in [1.807, 2.05) is 52.0 Å². The third-order valence-electron chi connectivity index (χ3n) is 3.14. The lowest BCUT2D eigenvalue weighted by Crippen LogP contribution is -2.43. The van der Waals surface area contributed by atoms with Crippen LogP contribution in [0.1, 0.15) is 45.6 Å². The van der Waals surface area contributed by atoms with Gasteiger partial charge in [-0.2, -0.15) is 0 Å². The SMILES string of the molecule is CC(C)CC(NC(=O)Nc1ccccc1C(C)C)C(=O)O. The van der Waals surface area contributed by atoms with Gasteiger partial charge in [0.05, 0.1) is 0 Å². The van der Waals surface area contributed by atoms with Crippen molar-refractivity contribution in [3.63, 3.8) is 0 Å². The van der Waals surface area contributed by atoms with Gasteiger partial charge >= 0.3 is 12.0 Å². The first-order chi connectivity index (χ1) is 9.81. The number of hydrogen-bond donors (Lipinski definition) is 3. The first-order valence-corrected chi connectivity index (χ1v) is 7.20. The van der Waals surface area contributed by atoms with E-state index in [1.165, 1.54) is 0 Å². The third-order valence-corrected chi connectivity index (χ3v) is 3.14. The van der Waals surface area contributed by atoms with Crippen LogP contribution in [0.15, 0.2) is 24.3 Å². The van der Waals surface area contributed by atoms with Crippen molar-refractivity contribution in [1.29, 1.82) is 0 Å². The smallest absolute Gasteiger partial charge is 0.326 e.